The van der Waals surface area contributed by atoms with Crippen molar-refractivity contribution in [2.75, 3.05) is 18.0 Å². The van der Waals surface area contributed by atoms with Gasteiger partial charge < -0.3 is 10.6 Å². The Bertz CT molecular complexity index is 718. The van der Waals surface area contributed by atoms with Crippen LogP contribution in [-0.2, 0) is 5.75 Å². The Balaban J connectivity index is 1.89. The van der Waals surface area contributed by atoms with Gasteiger partial charge in [-0.1, -0.05) is 80.9 Å². The molecule has 0 amide bonds. The van der Waals surface area contributed by atoms with Gasteiger partial charge in [0.05, 0.1) is 6.21 Å². The summed E-state index contributed by atoms with van der Waals surface area (Å²) < 4.78 is 0. The van der Waals surface area contributed by atoms with Crippen LogP contribution in [-0.4, -0.2) is 24.5 Å². The summed E-state index contributed by atoms with van der Waals surface area (Å²) in [6, 6.07) is 18.7. The molecular formula is C23H32N4S. The molecule has 0 atom stereocenters. The first kappa shape index (κ1) is 22.0. The molecule has 4 nitrogen and oxygen atoms in total. The van der Waals surface area contributed by atoms with Crippen molar-refractivity contribution in [2.45, 2.75) is 45.3 Å². The van der Waals surface area contributed by atoms with Crippen molar-refractivity contribution in [3.8, 4) is 0 Å². The van der Waals surface area contributed by atoms with Gasteiger partial charge in [0.15, 0.2) is 5.17 Å². The van der Waals surface area contributed by atoms with Gasteiger partial charge in [-0.25, -0.2) is 0 Å². The fourth-order valence-electron chi connectivity index (χ4n) is 2.75. The fourth-order valence-corrected chi connectivity index (χ4v) is 3.36. The molecule has 0 saturated carbocycles. The van der Waals surface area contributed by atoms with Crippen molar-refractivity contribution < 1.29 is 0 Å². The highest BCUT2D eigenvalue weighted by Crippen LogP contribution is 2.17. The third kappa shape index (κ3) is 8.17. The monoisotopic (exact) mass is 396 g/mol. The van der Waals surface area contributed by atoms with Gasteiger partial charge in [0.2, 0.25) is 0 Å². The van der Waals surface area contributed by atoms with Crippen LogP contribution in [0.25, 0.3) is 0 Å². The molecule has 0 spiro atoms. The lowest BCUT2D eigenvalue weighted by Gasteiger charge is -2.24. The highest BCUT2D eigenvalue weighted by atomic mass is 32.2. The summed E-state index contributed by atoms with van der Waals surface area (Å²) in [6.45, 7) is 6.71. The summed E-state index contributed by atoms with van der Waals surface area (Å²) >= 11 is 1.49. The summed E-state index contributed by atoms with van der Waals surface area (Å²) in [5, 5.41) is 8.69. The predicted molar refractivity (Wildman–Crippen MR) is 125 cm³/mol. The molecule has 2 rings (SSSR count). The third-order valence-corrected chi connectivity index (χ3v) is 5.27. The lowest BCUT2D eigenvalue weighted by molar-refractivity contribution is 0.678. The molecule has 0 bridgehead atoms. The van der Waals surface area contributed by atoms with Crippen LogP contribution in [0.2, 0.25) is 0 Å². The lowest BCUT2D eigenvalue weighted by atomic mass is 10.2. The molecule has 2 aromatic carbocycles. The average Bonchev–Trinajstić information content (AvgIpc) is 2.74. The van der Waals surface area contributed by atoms with Crippen LogP contribution < -0.4 is 10.6 Å². The highest BCUT2D eigenvalue weighted by molar-refractivity contribution is 8.13. The van der Waals surface area contributed by atoms with E-state index in [1.807, 2.05) is 18.2 Å². The van der Waals surface area contributed by atoms with Crippen molar-refractivity contribution in [2.24, 2.45) is 15.9 Å². The topological polar surface area (TPSA) is 54.0 Å². The molecule has 0 radical (unpaired) electrons. The number of amidine groups is 1. The van der Waals surface area contributed by atoms with Gasteiger partial charge in [0.1, 0.15) is 0 Å². The smallest absolute Gasteiger partial charge is 0.180 e. The molecule has 5 heteroatoms. The van der Waals surface area contributed by atoms with E-state index in [0.717, 1.165) is 24.4 Å². The van der Waals surface area contributed by atoms with Crippen LogP contribution in [0, 0.1) is 0 Å². The minimum atomic E-state index is 0.474. The van der Waals surface area contributed by atoms with Crippen LogP contribution in [0.1, 0.15) is 50.7 Å². The summed E-state index contributed by atoms with van der Waals surface area (Å²) in [5.74, 6) is 0.797. The van der Waals surface area contributed by atoms with Crippen LogP contribution >= 0.6 is 11.8 Å². The summed E-state index contributed by atoms with van der Waals surface area (Å²) in [7, 11) is 0. The second-order valence-corrected chi connectivity index (χ2v) is 7.74. The minimum absolute atomic E-state index is 0.474. The Labute approximate surface area is 173 Å². The molecule has 0 fully saturated rings. The van der Waals surface area contributed by atoms with Gasteiger partial charge in [-0.05, 0) is 36.1 Å². The van der Waals surface area contributed by atoms with Crippen molar-refractivity contribution in [1.82, 2.24) is 0 Å². The normalized spacial score (nSPS) is 11.9. The minimum Gasteiger partial charge on any atom is -0.377 e. The van der Waals surface area contributed by atoms with Gasteiger partial charge in [-0.15, -0.1) is 5.10 Å². The van der Waals surface area contributed by atoms with E-state index in [9.17, 15) is 0 Å². The van der Waals surface area contributed by atoms with Gasteiger partial charge >= 0.3 is 0 Å². The molecule has 0 aliphatic heterocycles. The number of thioether (sulfide) groups is 1. The summed E-state index contributed by atoms with van der Waals surface area (Å²) in [5.41, 5.74) is 9.46. The van der Waals surface area contributed by atoms with Gasteiger partial charge in [0.25, 0.3) is 0 Å². The molecule has 0 heterocycles. The van der Waals surface area contributed by atoms with E-state index < -0.39 is 0 Å². The number of nitrogens with zero attached hydrogens (tertiary/aromatic N) is 3. The maximum atomic E-state index is 5.94. The molecule has 2 aromatic rings. The molecule has 2 N–H and O–H groups in total. The number of nitrogens with two attached hydrogens (primary N) is 1. The third-order valence-electron chi connectivity index (χ3n) is 4.41. The van der Waals surface area contributed by atoms with Gasteiger partial charge in [-0.3, -0.25) is 0 Å². The molecule has 0 aliphatic carbocycles. The number of anilines is 1. The molecule has 0 aliphatic rings. The Morgan fingerprint density at radius 2 is 1.61 bits per heavy atom. The molecule has 0 aromatic heterocycles. The summed E-state index contributed by atoms with van der Waals surface area (Å²) in [4.78, 5) is 2.48. The van der Waals surface area contributed by atoms with Crippen LogP contribution in [0.4, 0.5) is 5.69 Å². The molecule has 0 unspecified atom stereocenters. The van der Waals surface area contributed by atoms with Crippen molar-refractivity contribution in [1.29, 1.82) is 0 Å². The first-order valence-electron chi connectivity index (χ1n) is 10.1. The van der Waals surface area contributed by atoms with Gasteiger partial charge in [0, 0.05) is 24.5 Å². The zero-order valence-electron chi connectivity index (χ0n) is 17.1. The van der Waals surface area contributed by atoms with E-state index in [1.165, 1.54) is 48.7 Å². The molecule has 28 heavy (non-hydrogen) atoms. The standard InChI is InChI=1S/C23H32N4S/c1-3-5-16-27(17-6-4-2)22-14-12-20(13-15-22)18-25-26-23(24)28-19-21-10-8-7-9-11-21/h7-15,18H,3-6,16-17,19H2,1-2H3,(H2,24,26). The van der Waals surface area contributed by atoms with E-state index in [1.54, 1.807) is 6.21 Å². The van der Waals surface area contributed by atoms with Crippen molar-refractivity contribution in [3.05, 3.63) is 65.7 Å². The zero-order valence-corrected chi connectivity index (χ0v) is 17.9. The maximum absolute atomic E-state index is 5.94. The Morgan fingerprint density at radius 1 is 0.964 bits per heavy atom. The summed E-state index contributed by atoms with van der Waals surface area (Å²) in [6.07, 6.45) is 6.63. The SMILES string of the molecule is CCCCN(CCCC)c1ccc(C=NN=C(N)SCc2ccccc2)cc1. The predicted octanol–water partition coefficient (Wildman–Crippen LogP) is 5.68. The van der Waals surface area contributed by atoms with Crippen LogP contribution in [0.3, 0.4) is 0 Å². The van der Waals surface area contributed by atoms with Gasteiger partial charge in [-0.2, -0.15) is 5.10 Å². The van der Waals surface area contributed by atoms with E-state index >= 15 is 0 Å². The Kier molecular flexibility index (Phi) is 10.2. The Morgan fingerprint density at radius 3 is 2.21 bits per heavy atom. The van der Waals surface area contributed by atoms with Crippen molar-refractivity contribution >= 4 is 28.8 Å². The van der Waals surface area contributed by atoms with E-state index in [4.69, 9.17) is 5.73 Å². The highest BCUT2D eigenvalue weighted by Gasteiger charge is 2.05. The first-order valence-corrected chi connectivity index (χ1v) is 11.1. The van der Waals surface area contributed by atoms with Crippen LogP contribution in [0.15, 0.2) is 64.8 Å². The average molecular weight is 397 g/mol. The van der Waals surface area contributed by atoms with E-state index in [2.05, 4.69) is 65.3 Å². The second-order valence-electron chi connectivity index (χ2n) is 6.74. The van der Waals surface area contributed by atoms with Crippen molar-refractivity contribution in [3.63, 3.8) is 0 Å². The number of rotatable bonds is 11. The second kappa shape index (κ2) is 13.0. The first-order chi connectivity index (χ1) is 13.7. The van der Waals surface area contributed by atoms with E-state index in [-0.39, 0.29) is 0 Å². The maximum Gasteiger partial charge on any atom is 0.180 e. The fraction of sp³-hybridized carbons (Fsp3) is 0.391. The zero-order chi connectivity index (χ0) is 20.0. The molecule has 150 valence electrons. The van der Waals surface area contributed by atoms with E-state index in [0.29, 0.717) is 5.17 Å². The number of hydrogen-bond acceptors (Lipinski definition) is 4. The number of benzene rings is 2. The number of unbranched alkanes of at least 4 members (excludes halogenated alkanes) is 2. The van der Waals surface area contributed by atoms with Crippen LogP contribution in [0.5, 0.6) is 0 Å². The quantitative estimate of drug-likeness (QED) is 0.302. The molecule has 0 saturated heterocycles. The Hall–Kier alpha value is -2.27. The largest absolute Gasteiger partial charge is 0.377 e. The molecular weight excluding hydrogens is 364 g/mol. The lowest BCUT2D eigenvalue weighted by Crippen LogP contribution is -2.25. The number of hydrogen-bond donors (Lipinski definition) is 1.